The topological polar surface area (TPSA) is 75.6 Å². The van der Waals surface area contributed by atoms with Gasteiger partial charge in [0, 0.05) is 5.56 Å². The van der Waals surface area contributed by atoms with Crippen molar-refractivity contribution in [2.24, 2.45) is 0 Å². The van der Waals surface area contributed by atoms with Gasteiger partial charge in [-0.2, -0.15) is 0 Å². The lowest BCUT2D eigenvalue weighted by Crippen LogP contribution is -2.45. The van der Waals surface area contributed by atoms with Crippen LogP contribution in [0.3, 0.4) is 0 Å². The molecule has 0 aliphatic rings. The molecule has 0 saturated carbocycles. The number of hydrogen-bond donors (Lipinski definition) is 2. The molecule has 0 fully saturated rings. The molecule has 0 radical (unpaired) electrons. The fourth-order valence-electron chi connectivity index (χ4n) is 2.02. The summed E-state index contributed by atoms with van der Waals surface area (Å²) < 4.78 is 5.15. The van der Waals surface area contributed by atoms with Crippen LogP contribution in [0.1, 0.15) is 36.2 Å². The van der Waals surface area contributed by atoms with Gasteiger partial charge in [-0.15, -0.1) is 0 Å². The van der Waals surface area contributed by atoms with Gasteiger partial charge in [-0.3, -0.25) is 14.9 Å². The van der Waals surface area contributed by atoms with Gasteiger partial charge >= 0.3 is 5.97 Å². The van der Waals surface area contributed by atoms with Crippen LogP contribution in [0.2, 0.25) is 0 Å². The predicted molar refractivity (Wildman–Crippen MR) is 76.4 cm³/mol. The molecule has 2 atom stereocenters. The molecule has 2 N–H and O–H groups in total. The monoisotopic (exact) mass is 279 g/mol. The number of Topliss-reactive ketones (excluding diaryl/α,β-unsaturated/α-hetero) is 1. The molecular weight excluding hydrogens is 258 g/mol. The zero-order valence-corrected chi connectivity index (χ0v) is 12.3. The molecule has 0 aliphatic heterocycles. The average Bonchev–Trinajstić information content (AvgIpc) is 2.43. The van der Waals surface area contributed by atoms with E-state index in [1.54, 1.807) is 39.2 Å². The van der Waals surface area contributed by atoms with E-state index >= 15 is 0 Å². The minimum absolute atomic E-state index is 0.129. The van der Waals surface area contributed by atoms with Gasteiger partial charge in [0.25, 0.3) is 0 Å². The maximum Gasteiger partial charge on any atom is 0.320 e. The Bertz CT molecular complexity index is 499. The smallest absolute Gasteiger partial charge is 0.320 e. The molecule has 1 aromatic carbocycles. The fourth-order valence-corrected chi connectivity index (χ4v) is 2.02. The second kappa shape index (κ2) is 7.05. The summed E-state index contributed by atoms with van der Waals surface area (Å²) in [6, 6.07) is 3.91. The van der Waals surface area contributed by atoms with Gasteiger partial charge < -0.3 is 9.84 Å². The van der Waals surface area contributed by atoms with Crippen LogP contribution in [0.25, 0.3) is 0 Å². The zero-order chi connectivity index (χ0) is 15.3. The van der Waals surface area contributed by atoms with Crippen LogP contribution in [-0.2, 0) is 4.79 Å². The summed E-state index contributed by atoms with van der Waals surface area (Å²) in [5.41, 5.74) is 1.42. The number of carboxylic acid groups (broad SMARTS) is 1. The molecule has 0 spiro atoms. The lowest BCUT2D eigenvalue weighted by molar-refractivity contribution is -0.139. The van der Waals surface area contributed by atoms with Crippen LogP contribution in [0.15, 0.2) is 18.2 Å². The highest BCUT2D eigenvalue weighted by atomic mass is 16.5. The van der Waals surface area contributed by atoms with Crippen molar-refractivity contribution >= 4 is 11.8 Å². The van der Waals surface area contributed by atoms with Gasteiger partial charge in [-0.05, 0) is 44.0 Å². The molecule has 1 aromatic rings. The van der Waals surface area contributed by atoms with Crippen LogP contribution in [0.4, 0.5) is 0 Å². The number of rotatable bonds is 7. The van der Waals surface area contributed by atoms with E-state index in [2.05, 4.69) is 5.32 Å². The van der Waals surface area contributed by atoms with Crippen molar-refractivity contribution in [1.29, 1.82) is 0 Å². The van der Waals surface area contributed by atoms with Gasteiger partial charge in [-0.25, -0.2) is 0 Å². The van der Waals surface area contributed by atoms with Gasteiger partial charge in [0.1, 0.15) is 11.8 Å². The van der Waals surface area contributed by atoms with Gasteiger partial charge in [0.15, 0.2) is 5.78 Å². The first-order valence-corrected chi connectivity index (χ1v) is 6.58. The van der Waals surface area contributed by atoms with E-state index in [0.29, 0.717) is 12.0 Å². The lowest BCUT2D eigenvalue weighted by atomic mass is 10.0. The number of methoxy groups -OCH3 is 1. The minimum atomic E-state index is -0.946. The highest BCUT2D eigenvalue weighted by Crippen LogP contribution is 2.19. The van der Waals surface area contributed by atoms with E-state index in [1.807, 2.05) is 6.92 Å². The number of nitrogens with one attached hydrogen (secondary N) is 1. The first kappa shape index (κ1) is 16.2. The van der Waals surface area contributed by atoms with Crippen LogP contribution < -0.4 is 10.1 Å². The predicted octanol–water partition coefficient (Wildman–Crippen LogP) is 2.03. The quantitative estimate of drug-likeness (QED) is 0.747. The SMILES string of the molecule is CCC(NC(C)C(=O)c1ccc(OC)c(C)c1)C(=O)O. The lowest BCUT2D eigenvalue weighted by Gasteiger charge is -2.18. The van der Waals surface area contributed by atoms with E-state index in [0.717, 1.165) is 11.3 Å². The molecule has 20 heavy (non-hydrogen) atoms. The molecule has 0 amide bonds. The Kier molecular flexibility index (Phi) is 5.70. The third-order valence-corrected chi connectivity index (χ3v) is 3.23. The summed E-state index contributed by atoms with van der Waals surface area (Å²) in [5.74, 6) is -0.354. The number of hydrogen-bond acceptors (Lipinski definition) is 4. The van der Waals surface area contributed by atoms with Crippen molar-refractivity contribution in [3.63, 3.8) is 0 Å². The van der Waals surface area contributed by atoms with Gasteiger partial charge in [0.2, 0.25) is 0 Å². The molecule has 110 valence electrons. The Morgan fingerprint density at radius 3 is 2.50 bits per heavy atom. The maximum atomic E-state index is 12.3. The molecular formula is C15H21NO4. The summed E-state index contributed by atoms with van der Waals surface area (Å²) >= 11 is 0. The summed E-state index contributed by atoms with van der Waals surface area (Å²) in [7, 11) is 1.58. The third-order valence-electron chi connectivity index (χ3n) is 3.23. The number of aryl methyl sites for hydroxylation is 1. The molecule has 0 bridgehead atoms. The number of ketones is 1. The van der Waals surface area contributed by atoms with Crippen molar-refractivity contribution < 1.29 is 19.4 Å². The van der Waals surface area contributed by atoms with Crippen molar-refractivity contribution in [3.05, 3.63) is 29.3 Å². The molecule has 5 heteroatoms. The Morgan fingerprint density at radius 1 is 1.40 bits per heavy atom. The normalized spacial score (nSPS) is 13.6. The Labute approximate surface area is 118 Å². The number of carbonyl (C=O) groups is 2. The fraction of sp³-hybridized carbons (Fsp3) is 0.467. The molecule has 0 aromatic heterocycles. The number of carbonyl (C=O) groups excluding carboxylic acids is 1. The minimum Gasteiger partial charge on any atom is -0.496 e. The van der Waals surface area contributed by atoms with E-state index in [-0.39, 0.29) is 5.78 Å². The second-order valence-electron chi connectivity index (χ2n) is 4.74. The Hall–Kier alpha value is -1.88. The van der Waals surface area contributed by atoms with Crippen molar-refractivity contribution in [3.8, 4) is 5.75 Å². The van der Waals surface area contributed by atoms with Crippen molar-refractivity contribution in [2.75, 3.05) is 7.11 Å². The summed E-state index contributed by atoms with van der Waals surface area (Å²) in [6.45, 7) is 5.30. The van der Waals surface area contributed by atoms with E-state index in [9.17, 15) is 9.59 Å². The average molecular weight is 279 g/mol. The summed E-state index contributed by atoms with van der Waals surface area (Å²) in [5, 5.41) is 11.8. The second-order valence-corrected chi connectivity index (χ2v) is 4.74. The highest BCUT2D eigenvalue weighted by molar-refractivity contribution is 6.00. The molecule has 1 rings (SSSR count). The number of aliphatic carboxylic acids is 1. The molecule has 0 aliphatic carbocycles. The van der Waals surface area contributed by atoms with Crippen LogP contribution >= 0.6 is 0 Å². The maximum absolute atomic E-state index is 12.3. The van der Waals surface area contributed by atoms with Crippen LogP contribution in [0.5, 0.6) is 5.75 Å². The zero-order valence-electron chi connectivity index (χ0n) is 12.3. The van der Waals surface area contributed by atoms with Gasteiger partial charge in [-0.1, -0.05) is 6.92 Å². The standard InChI is InChI=1S/C15H21NO4/c1-5-12(15(18)19)16-10(3)14(17)11-6-7-13(20-4)9(2)8-11/h6-8,10,12,16H,5H2,1-4H3,(H,18,19). The summed E-state index contributed by atoms with van der Waals surface area (Å²) in [6.07, 6.45) is 0.425. The van der Waals surface area contributed by atoms with E-state index < -0.39 is 18.1 Å². The van der Waals surface area contributed by atoms with Crippen molar-refractivity contribution in [1.82, 2.24) is 5.32 Å². The van der Waals surface area contributed by atoms with E-state index in [1.165, 1.54) is 0 Å². The highest BCUT2D eigenvalue weighted by Gasteiger charge is 2.22. The van der Waals surface area contributed by atoms with Gasteiger partial charge in [0.05, 0.1) is 13.2 Å². The molecule has 0 saturated heterocycles. The van der Waals surface area contributed by atoms with Crippen molar-refractivity contribution in [2.45, 2.75) is 39.3 Å². The third kappa shape index (κ3) is 3.81. The first-order valence-electron chi connectivity index (χ1n) is 6.58. The summed E-state index contributed by atoms with van der Waals surface area (Å²) in [4.78, 5) is 23.2. The first-order chi connectivity index (χ1) is 9.40. The van der Waals surface area contributed by atoms with E-state index in [4.69, 9.17) is 9.84 Å². The molecule has 2 unspecified atom stereocenters. The molecule has 5 nitrogen and oxygen atoms in total. The number of ether oxygens (including phenoxy) is 1. The Balaban J connectivity index is 2.83. The number of carboxylic acids is 1. The number of benzene rings is 1. The molecule has 0 heterocycles. The van der Waals surface area contributed by atoms with Crippen LogP contribution in [0, 0.1) is 6.92 Å². The van der Waals surface area contributed by atoms with Crippen LogP contribution in [-0.4, -0.2) is 36.1 Å². The largest absolute Gasteiger partial charge is 0.496 e. The Morgan fingerprint density at radius 2 is 2.05 bits per heavy atom.